The Morgan fingerprint density at radius 3 is 2.12 bits per heavy atom. The highest BCUT2D eigenvalue weighted by Gasteiger charge is 2.12. The Kier molecular flexibility index (Phi) is 9.63. The molecule has 2 nitrogen and oxygen atoms in total. The minimum atomic E-state index is 0.330. The molecule has 142 valence electrons. The quantitative estimate of drug-likeness (QED) is 0.410. The summed E-state index contributed by atoms with van der Waals surface area (Å²) >= 11 is 1.71. The first-order valence-corrected chi connectivity index (χ1v) is 11.1. The SMILES string of the molecule is CCCCc1cc(CC)c(NC(=NCCC(C)(C)C)SC)c(CC)c1. The lowest BCUT2D eigenvalue weighted by molar-refractivity contribution is 0.385. The van der Waals surface area contributed by atoms with Crippen LogP contribution in [-0.2, 0) is 19.3 Å². The van der Waals surface area contributed by atoms with Gasteiger partial charge in [0.1, 0.15) is 0 Å². The Bertz CT molecular complexity index is 531. The van der Waals surface area contributed by atoms with Crippen molar-refractivity contribution in [3.05, 3.63) is 28.8 Å². The summed E-state index contributed by atoms with van der Waals surface area (Å²) in [7, 11) is 0. The number of nitrogens with one attached hydrogen (secondary N) is 1. The second-order valence-electron chi connectivity index (χ2n) is 7.93. The number of rotatable bonds is 8. The van der Waals surface area contributed by atoms with E-state index < -0.39 is 0 Å². The van der Waals surface area contributed by atoms with Crippen molar-refractivity contribution in [1.82, 2.24) is 0 Å². The van der Waals surface area contributed by atoms with E-state index in [0.29, 0.717) is 5.41 Å². The Morgan fingerprint density at radius 1 is 1.08 bits per heavy atom. The van der Waals surface area contributed by atoms with Crippen LogP contribution in [0.2, 0.25) is 0 Å². The van der Waals surface area contributed by atoms with Gasteiger partial charge in [0.25, 0.3) is 0 Å². The molecule has 0 radical (unpaired) electrons. The zero-order valence-corrected chi connectivity index (χ0v) is 18.3. The van der Waals surface area contributed by atoms with Gasteiger partial charge in [-0.25, -0.2) is 0 Å². The summed E-state index contributed by atoms with van der Waals surface area (Å²) in [5.41, 5.74) is 5.94. The number of hydrogen-bond donors (Lipinski definition) is 1. The first-order chi connectivity index (χ1) is 11.8. The number of thioether (sulfide) groups is 1. The lowest BCUT2D eigenvalue weighted by Gasteiger charge is -2.19. The van der Waals surface area contributed by atoms with E-state index in [-0.39, 0.29) is 0 Å². The lowest BCUT2D eigenvalue weighted by Crippen LogP contribution is -2.14. The van der Waals surface area contributed by atoms with E-state index in [9.17, 15) is 0 Å². The molecule has 0 aromatic heterocycles. The molecule has 0 unspecified atom stereocenters. The molecule has 25 heavy (non-hydrogen) atoms. The topological polar surface area (TPSA) is 24.4 Å². The van der Waals surface area contributed by atoms with Gasteiger partial charge in [-0.05, 0) is 60.5 Å². The van der Waals surface area contributed by atoms with Crippen LogP contribution >= 0.6 is 11.8 Å². The molecule has 0 aliphatic rings. The van der Waals surface area contributed by atoms with Crippen LogP contribution in [0.25, 0.3) is 0 Å². The highest BCUT2D eigenvalue weighted by Crippen LogP contribution is 2.27. The number of unbranched alkanes of at least 4 members (excludes halogenated alkanes) is 1. The monoisotopic (exact) mass is 362 g/mol. The zero-order valence-electron chi connectivity index (χ0n) is 17.5. The number of aliphatic imine (C=N–C) groups is 1. The maximum absolute atomic E-state index is 4.81. The highest BCUT2D eigenvalue weighted by atomic mass is 32.2. The molecular weight excluding hydrogens is 324 g/mol. The molecule has 0 aliphatic carbocycles. The van der Waals surface area contributed by atoms with E-state index in [1.807, 2.05) is 0 Å². The van der Waals surface area contributed by atoms with Crippen LogP contribution in [0, 0.1) is 5.41 Å². The zero-order chi connectivity index (χ0) is 18.9. The molecule has 0 saturated heterocycles. The predicted octanol–water partition coefficient (Wildman–Crippen LogP) is 6.72. The molecule has 0 spiro atoms. The number of amidine groups is 1. The average Bonchev–Trinajstić information content (AvgIpc) is 2.58. The summed E-state index contributed by atoms with van der Waals surface area (Å²) in [4.78, 5) is 4.81. The van der Waals surface area contributed by atoms with Crippen LogP contribution in [0.1, 0.15) is 77.5 Å². The average molecular weight is 363 g/mol. The van der Waals surface area contributed by atoms with Crippen molar-refractivity contribution >= 4 is 22.6 Å². The number of anilines is 1. The first-order valence-electron chi connectivity index (χ1n) is 9.84. The van der Waals surface area contributed by atoms with Crippen molar-refractivity contribution in [3.8, 4) is 0 Å². The number of hydrogen-bond acceptors (Lipinski definition) is 2. The standard InChI is InChI=1S/C22H38N2S/c1-8-11-12-17-15-18(9-2)20(19(10-3)16-17)24-21(25-7)23-14-13-22(4,5)6/h15-16H,8-14H2,1-7H3,(H,23,24). The minimum absolute atomic E-state index is 0.330. The van der Waals surface area contributed by atoms with E-state index in [4.69, 9.17) is 4.99 Å². The summed E-state index contributed by atoms with van der Waals surface area (Å²) in [6, 6.07) is 4.79. The molecule has 0 saturated carbocycles. The van der Waals surface area contributed by atoms with E-state index in [1.165, 1.54) is 41.6 Å². The van der Waals surface area contributed by atoms with E-state index in [0.717, 1.165) is 31.0 Å². The number of nitrogens with zero attached hydrogens (tertiary/aromatic N) is 1. The van der Waals surface area contributed by atoms with Gasteiger partial charge >= 0.3 is 0 Å². The van der Waals surface area contributed by atoms with Crippen LogP contribution in [0.5, 0.6) is 0 Å². The molecule has 0 atom stereocenters. The van der Waals surface area contributed by atoms with Gasteiger partial charge in [0, 0.05) is 12.2 Å². The van der Waals surface area contributed by atoms with Crippen molar-refractivity contribution in [1.29, 1.82) is 0 Å². The minimum Gasteiger partial charge on any atom is -0.335 e. The van der Waals surface area contributed by atoms with Crippen molar-refractivity contribution in [2.75, 3.05) is 18.1 Å². The second kappa shape index (κ2) is 10.9. The van der Waals surface area contributed by atoms with Crippen LogP contribution in [0.15, 0.2) is 17.1 Å². The van der Waals surface area contributed by atoms with Crippen molar-refractivity contribution < 1.29 is 0 Å². The third-order valence-electron chi connectivity index (χ3n) is 4.48. The third-order valence-corrected chi connectivity index (χ3v) is 5.10. The fraction of sp³-hybridized carbons (Fsp3) is 0.682. The van der Waals surface area contributed by atoms with Crippen molar-refractivity contribution in [2.24, 2.45) is 10.4 Å². The molecule has 0 heterocycles. The van der Waals surface area contributed by atoms with Gasteiger partial charge in [-0.3, -0.25) is 4.99 Å². The summed E-state index contributed by atoms with van der Waals surface area (Å²) in [6.45, 7) is 14.5. The van der Waals surface area contributed by atoms with Crippen LogP contribution in [0.3, 0.4) is 0 Å². The fourth-order valence-corrected chi connectivity index (χ4v) is 3.26. The third kappa shape index (κ3) is 7.85. The first kappa shape index (κ1) is 22.1. The molecular formula is C22H38N2S. The maximum Gasteiger partial charge on any atom is 0.160 e. The normalized spacial score (nSPS) is 12.5. The van der Waals surface area contributed by atoms with Crippen LogP contribution in [0.4, 0.5) is 5.69 Å². The van der Waals surface area contributed by atoms with Crippen molar-refractivity contribution in [2.45, 2.75) is 80.1 Å². The summed E-state index contributed by atoms with van der Waals surface area (Å²) in [5, 5.41) is 4.69. The van der Waals surface area contributed by atoms with E-state index in [1.54, 1.807) is 11.8 Å². The summed E-state index contributed by atoms with van der Waals surface area (Å²) in [6.07, 6.45) is 9.03. The maximum atomic E-state index is 4.81. The summed E-state index contributed by atoms with van der Waals surface area (Å²) in [5.74, 6) is 0. The Morgan fingerprint density at radius 2 is 1.68 bits per heavy atom. The smallest absolute Gasteiger partial charge is 0.160 e. The molecule has 3 heteroatoms. The van der Waals surface area contributed by atoms with E-state index in [2.05, 4.69) is 65.2 Å². The van der Waals surface area contributed by atoms with Gasteiger partial charge in [0.2, 0.25) is 0 Å². The van der Waals surface area contributed by atoms with Gasteiger partial charge in [-0.1, -0.05) is 71.9 Å². The van der Waals surface area contributed by atoms with Gasteiger partial charge < -0.3 is 5.32 Å². The highest BCUT2D eigenvalue weighted by molar-refractivity contribution is 8.13. The van der Waals surface area contributed by atoms with Crippen molar-refractivity contribution in [3.63, 3.8) is 0 Å². The molecule has 0 fully saturated rings. The second-order valence-corrected chi connectivity index (χ2v) is 8.72. The molecule has 1 aromatic carbocycles. The molecule has 0 amide bonds. The largest absolute Gasteiger partial charge is 0.335 e. The van der Waals surface area contributed by atoms with Crippen LogP contribution in [-0.4, -0.2) is 18.0 Å². The Hall–Kier alpha value is -0.960. The Labute approximate surface area is 160 Å². The molecule has 0 bridgehead atoms. The van der Waals surface area contributed by atoms with Gasteiger partial charge in [-0.2, -0.15) is 0 Å². The van der Waals surface area contributed by atoms with Gasteiger partial charge in [-0.15, -0.1) is 0 Å². The lowest BCUT2D eigenvalue weighted by atomic mass is 9.93. The van der Waals surface area contributed by atoms with Gasteiger partial charge in [0.05, 0.1) is 0 Å². The van der Waals surface area contributed by atoms with Gasteiger partial charge in [0.15, 0.2) is 5.17 Å². The fourth-order valence-electron chi connectivity index (χ4n) is 2.84. The van der Waals surface area contributed by atoms with E-state index >= 15 is 0 Å². The number of aryl methyl sites for hydroxylation is 3. The Balaban J connectivity index is 3.02. The molecule has 1 N–H and O–H groups in total. The molecule has 1 aromatic rings. The van der Waals surface area contributed by atoms with Crippen LogP contribution < -0.4 is 5.32 Å². The predicted molar refractivity (Wildman–Crippen MR) is 117 cm³/mol. The molecule has 0 aliphatic heterocycles. The molecule has 1 rings (SSSR count). The summed E-state index contributed by atoms with van der Waals surface area (Å²) < 4.78 is 0. The number of benzene rings is 1.